The van der Waals surface area contributed by atoms with Crippen LogP contribution < -0.4 is 0 Å². The summed E-state index contributed by atoms with van der Waals surface area (Å²) in [5, 5.41) is 3.66. The fourth-order valence-electron chi connectivity index (χ4n) is 2.65. The van der Waals surface area contributed by atoms with Gasteiger partial charge >= 0.3 is 0 Å². The van der Waals surface area contributed by atoms with Crippen LogP contribution in [-0.2, 0) is 11.2 Å². The molecule has 1 aromatic carbocycles. The Bertz CT molecular complexity index is 649. The molecule has 6 heteroatoms. The van der Waals surface area contributed by atoms with Crippen LogP contribution in [0.5, 0.6) is 0 Å². The number of ether oxygens (including phenoxy) is 1. The van der Waals surface area contributed by atoms with Crippen molar-refractivity contribution in [3.63, 3.8) is 0 Å². The first-order chi connectivity index (χ1) is 10.6. The number of nitrogens with zero attached hydrogens (tertiary/aromatic N) is 2. The minimum Gasteiger partial charge on any atom is -0.378 e. The van der Waals surface area contributed by atoms with Crippen molar-refractivity contribution < 1.29 is 9.13 Å². The van der Waals surface area contributed by atoms with Crippen LogP contribution in [0.4, 0.5) is 4.39 Å². The van der Waals surface area contributed by atoms with Gasteiger partial charge in [-0.25, -0.2) is 9.37 Å². The quantitative estimate of drug-likeness (QED) is 0.845. The molecule has 1 aliphatic heterocycles. The number of aryl methyl sites for hydroxylation is 1. The third kappa shape index (κ3) is 3.66. The average molecular weight is 341 g/mol. The molecule has 1 saturated heterocycles. The summed E-state index contributed by atoms with van der Waals surface area (Å²) in [5.74, 6) is -0.295. The van der Waals surface area contributed by atoms with E-state index in [1.54, 1.807) is 17.4 Å². The number of morpholine rings is 1. The van der Waals surface area contributed by atoms with Crippen molar-refractivity contribution in [3.05, 3.63) is 50.7 Å². The van der Waals surface area contributed by atoms with Gasteiger partial charge in [0.2, 0.25) is 0 Å². The van der Waals surface area contributed by atoms with Crippen LogP contribution in [-0.4, -0.2) is 36.2 Å². The van der Waals surface area contributed by atoms with E-state index in [4.69, 9.17) is 16.3 Å². The molecule has 0 saturated carbocycles. The number of hydrogen-bond acceptors (Lipinski definition) is 4. The summed E-state index contributed by atoms with van der Waals surface area (Å²) in [6.45, 7) is 5.15. The number of benzene rings is 1. The lowest BCUT2D eigenvalue weighted by Gasteiger charge is -2.34. The second-order valence-electron chi connectivity index (χ2n) is 5.44. The molecule has 0 spiro atoms. The van der Waals surface area contributed by atoms with Crippen LogP contribution >= 0.6 is 22.9 Å². The van der Waals surface area contributed by atoms with Crippen molar-refractivity contribution in [2.24, 2.45) is 0 Å². The molecule has 0 amide bonds. The minimum absolute atomic E-state index is 0.201. The van der Waals surface area contributed by atoms with E-state index in [0.29, 0.717) is 11.6 Å². The number of hydrogen-bond donors (Lipinski definition) is 0. The third-order valence-electron chi connectivity index (χ3n) is 3.84. The summed E-state index contributed by atoms with van der Waals surface area (Å²) in [7, 11) is 0. The topological polar surface area (TPSA) is 25.4 Å². The van der Waals surface area contributed by atoms with Gasteiger partial charge in [-0.3, -0.25) is 4.90 Å². The van der Waals surface area contributed by atoms with Crippen molar-refractivity contribution in [3.8, 4) is 0 Å². The first-order valence-electron chi connectivity index (χ1n) is 7.31. The van der Waals surface area contributed by atoms with Gasteiger partial charge in [0.25, 0.3) is 0 Å². The van der Waals surface area contributed by atoms with Crippen LogP contribution in [0.25, 0.3) is 0 Å². The normalized spacial score (nSPS) is 19.5. The van der Waals surface area contributed by atoms with Crippen molar-refractivity contribution >= 4 is 22.9 Å². The van der Waals surface area contributed by atoms with Crippen LogP contribution in [0.1, 0.15) is 22.3 Å². The largest absolute Gasteiger partial charge is 0.378 e. The molecular formula is C16H18ClFN2OS. The predicted octanol–water partition coefficient (Wildman–Crippen LogP) is 3.86. The maximum Gasteiger partial charge on any atom is 0.124 e. The van der Waals surface area contributed by atoms with Crippen LogP contribution in [0.3, 0.4) is 0 Å². The van der Waals surface area contributed by atoms with E-state index >= 15 is 0 Å². The highest BCUT2D eigenvalue weighted by Crippen LogP contribution is 2.27. The number of thiazole rings is 1. The van der Waals surface area contributed by atoms with Gasteiger partial charge < -0.3 is 4.74 Å². The summed E-state index contributed by atoms with van der Waals surface area (Å²) in [6, 6.07) is 4.80. The molecule has 1 unspecified atom stereocenters. The highest BCUT2D eigenvalue weighted by atomic mass is 35.5. The van der Waals surface area contributed by atoms with Gasteiger partial charge in [-0.15, -0.1) is 11.3 Å². The summed E-state index contributed by atoms with van der Waals surface area (Å²) < 4.78 is 18.7. The highest BCUT2D eigenvalue weighted by molar-refractivity contribution is 7.09. The third-order valence-corrected chi connectivity index (χ3v) is 5.26. The monoisotopic (exact) mass is 340 g/mol. The van der Waals surface area contributed by atoms with E-state index in [1.807, 2.05) is 6.92 Å². The summed E-state index contributed by atoms with van der Waals surface area (Å²) in [5.41, 5.74) is 2.02. The lowest BCUT2D eigenvalue weighted by atomic mass is 10.1. The maximum atomic E-state index is 13.1. The van der Waals surface area contributed by atoms with Crippen molar-refractivity contribution in [2.75, 3.05) is 26.3 Å². The van der Waals surface area contributed by atoms with E-state index in [0.717, 1.165) is 42.4 Å². The zero-order chi connectivity index (χ0) is 15.5. The Morgan fingerprint density at radius 2 is 2.36 bits per heavy atom. The van der Waals surface area contributed by atoms with Crippen molar-refractivity contribution in [1.82, 2.24) is 9.88 Å². The van der Waals surface area contributed by atoms with E-state index in [1.165, 1.54) is 12.1 Å². The minimum atomic E-state index is -0.295. The second kappa shape index (κ2) is 7.04. The fraction of sp³-hybridized carbons (Fsp3) is 0.438. The molecule has 0 radical (unpaired) electrons. The lowest BCUT2D eigenvalue weighted by Crippen LogP contribution is -2.40. The molecule has 2 aromatic rings. The number of halogens is 2. The van der Waals surface area contributed by atoms with Gasteiger partial charge in [0.15, 0.2) is 0 Å². The molecule has 1 atom stereocenters. The highest BCUT2D eigenvalue weighted by Gasteiger charge is 2.26. The summed E-state index contributed by atoms with van der Waals surface area (Å²) >= 11 is 7.79. The van der Waals surface area contributed by atoms with Crippen molar-refractivity contribution in [2.45, 2.75) is 19.4 Å². The standard InChI is InChI=1S/C16H18ClFN2OS/c1-11-10-22-16(19-11)15-9-21-7-6-20(15)5-4-12-2-3-13(18)8-14(12)17/h2-3,8,10,15H,4-7,9H2,1H3. The van der Waals surface area contributed by atoms with Gasteiger partial charge in [0, 0.05) is 29.2 Å². The van der Waals surface area contributed by atoms with Crippen LogP contribution in [0.2, 0.25) is 5.02 Å². The van der Waals surface area contributed by atoms with Gasteiger partial charge in [-0.2, -0.15) is 0 Å². The molecule has 118 valence electrons. The Kier molecular flexibility index (Phi) is 5.08. The average Bonchev–Trinajstić information content (AvgIpc) is 2.93. The molecule has 0 aliphatic carbocycles. The Morgan fingerprint density at radius 3 is 3.09 bits per heavy atom. The molecule has 1 aromatic heterocycles. The van der Waals surface area contributed by atoms with Gasteiger partial charge in [-0.1, -0.05) is 17.7 Å². The molecule has 22 heavy (non-hydrogen) atoms. The van der Waals surface area contributed by atoms with Gasteiger partial charge in [0.1, 0.15) is 10.8 Å². The Labute approximate surface area is 138 Å². The lowest BCUT2D eigenvalue weighted by molar-refractivity contribution is -0.00793. The second-order valence-corrected chi connectivity index (χ2v) is 6.74. The predicted molar refractivity (Wildman–Crippen MR) is 87.1 cm³/mol. The molecule has 0 bridgehead atoms. The SMILES string of the molecule is Cc1csc(C2COCCN2CCc2ccc(F)cc2Cl)n1. The number of rotatable bonds is 4. The molecule has 3 nitrogen and oxygen atoms in total. The molecule has 3 rings (SSSR count). The Morgan fingerprint density at radius 1 is 1.50 bits per heavy atom. The summed E-state index contributed by atoms with van der Waals surface area (Å²) in [4.78, 5) is 6.97. The Hall–Kier alpha value is -1.01. The zero-order valence-corrected chi connectivity index (χ0v) is 14.0. The molecule has 0 N–H and O–H groups in total. The van der Waals surface area contributed by atoms with Gasteiger partial charge in [-0.05, 0) is 31.0 Å². The smallest absolute Gasteiger partial charge is 0.124 e. The van der Waals surface area contributed by atoms with E-state index in [9.17, 15) is 4.39 Å². The first kappa shape index (κ1) is 15.9. The zero-order valence-electron chi connectivity index (χ0n) is 12.4. The van der Waals surface area contributed by atoms with Gasteiger partial charge in [0.05, 0.1) is 19.3 Å². The molecule has 1 fully saturated rings. The van der Waals surface area contributed by atoms with E-state index in [2.05, 4.69) is 15.3 Å². The van der Waals surface area contributed by atoms with E-state index in [-0.39, 0.29) is 11.9 Å². The molecule has 2 heterocycles. The number of aromatic nitrogens is 1. The molecule has 1 aliphatic rings. The van der Waals surface area contributed by atoms with Crippen LogP contribution in [0, 0.1) is 12.7 Å². The van der Waals surface area contributed by atoms with E-state index < -0.39 is 0 Å². The van der Waals surface area contributed by atoms with Crippen LogP contribution in [0.15, 0.2) is 23.6 Å². The van der Waals surface area contributed by atoms with Crippen molar-refractivity contribution in [1.29, 1.82) is 0 Å². The summed E-state index contributed by atoms with van der Waals surface area (Å²) in [6.07, 6.45) is 0.792. The first-order valence-corrected chi connectivity index (χ1v) is 8.57. The fourth-order valence-corrected chi connectivity index (χ4v) is 3.82. The Balaban J connectivity index is 1.69. The maximum absolute atomic E-state index is 13.1. The molecular weight excluding hydrogens is 323 g/mol.